The first-order valence-electron chi connectivity index (χ1n) is 5.93. The Labute approximate surface area is 109 Å². The fraction of sp³-hybridized carbons (Fsp3) is 0.385. The molecule has 0 radical (unpaired) electrons. The van der Waals surface area contributed by atoms with Gasteiger partial charge in [0.2, 0.25) is 5.91 Å². The lowest BCUT2D eigenvalue weighted by molar-refractivity contribution is -0.137. The molecule has 0 aliphatic rings. The molecule has 0 bridgehead atoms. The number of benzene rings is 1. The Kier molecular flexibility index (Phi) is 5.54. The van der Waals surface area contributed by atoms with E-state index in [4.69, 9.17) is 0 Å². The second-order valence-electron chi connectivity index (χ2n) is 3.98. The number of alkyl halides is 3. The highest BCUT2D eigenvalue weighted by Crippen LogP contribution is 2.30. The van der Waals surface area contributed by atoms with Crippen molar-refractivity contribution >= 4 is 12.1 Å². The predicted molar refractivity (Wildman–Crippen MR) is 66.7 cm³/mol. The van der Waals surface area contributed by atoms with Gasteiger partial charge in [0.25, 0.3) is 0 Å². The Hall–Kier alpha value is -1.85. The number of hydrazone groups is 1. The molecule has 1 rings (SSSR count). The summed E-state index contributed by atoms with van der Waals surface area (Å²) in [6.45, 7) is 1.94. The summed E-state index contributed by atoms with van der Waals surface area (Å²) in [7, 11) is 0. The zero-order chi connectivity index (χ0) is 14.3. The van der Waals surface area contributed by atoms with Crippen LogP contribution in [0.2, 0.25) is 0 Å². The van der Waals surface area contributed by atoms with Crippen molar-refractivity contribution in [3.05, 3.63) is 35.4 Å². The molecule has 0 heterocycles. The number of halogens is 3. The number of nitrogens with one attached hydrogen (secondary N) is 1. The summed E-state index contributed by atoms with van der Waals surface area (Å²) < 4.78 is 38.0. The molecular weight excluding hydrogens is 257 g/mol. The molecule has 19 heavy (non-hydrogen) atoms. The summed E-state index contributed by atoms with van der Waals surface area (Å²) in [6.07, 6.45) is -1.52. The Morgan fingerprint density at radius 3 is 2.68 bits per heavy atom. The molecule has 0 aliphatic carbocycles. The average molecular weight is 272 g/mol. The van der Waals surface area contributed by atoms with E-state index < -0.39 is 11.7 Å². The third kappa shape index (κ3) is 5.11. The van der Waals surface area contributed by atoms with Gasteiger partial charge in [-0.1, -0.05) is 31.5 Å². The number of hydrogen-bond acceptors (Lipinski definition) is 2. The van der Waals surface area contributed by atoms with Crippen LogP contribution in [0.25, 0.3) is 0 Å². The second-order valence-corrected chi connectivity index (χ2v) is 3.98. The van der Waals surface area contributed by atoms with Crippen molar-refractivity contribution in [2.24, 2.45) is 5.10 Å². The summed E-state index contributed by atoms with van der Waals surface area (Å²) >= 11 is 0. The zero-order valence-electron chi connectivity index (χ0n) is 10.5. The molecular formula is C13H15F3N2O. The molecule has 1 aromatic carbocycles. The molecule has 0 atom stereocenters. The van der Waals surface area contributed by atoms with Crippen LogP contribution in [-0.4, -0.2) is 12.1 Å². The van der Waals surface area contributed by atoms with E-state index in [9.17, 15) is 18.0 Å². The highest BCUT2D eigenvalue weighted by atomic mass is 19.4. The summed E-state index contributed by atoms with van der Waals surface area (Å²) in [4.78, 5) is 11.2. The highest BCUT2D eigenvalue weighted by molar-refractivity contribution is 5.84. The van der Waals surface area contributed by atoms with Gasteiger partial charge in [-0.2, -0.15) is 18.3 Å². The van der Waals surface area contributed by atoms with Crippen molar-refractivity contribution in [3.63, 3.8) is 0 Å². The van der Waals surface area contributed by atoms with Crippen molar-refractivity contribution in [1.29, 1.82) is 0 Å². The summed E-state index contributed by atoms with van der Waals surface area (Å²) in [5.74, 6) is -0.303. The third-order valence-electron chi connectivity index (χ3n) is 2.42. The van der Waals surface area contributed by atoms with Gasteiger partial charge in [-0.15, -0.1) is 0 Å². The number of nitrogens with zero attached hydrogens (tertiary/aromatic N) is 1. The number of carbonyl (C=O) groups excluding carboxylic acids is 1. The molecule has 0 aromatic heterocycles. The minimum atomic E-state index is -4.44. The molecule has 3 nitrogen and oxygen atoms in total. The monoisotopic (exact) mass is 272 g/mol. The number of unbranched alkanes of at least 4 members (excludes halogenated alkanes) is 1. The van der Waals surface area contributed by atoms with E-state index in [1.165, 1.54) is 18.2 Å². The quantitative estimate of drug-likeness (QED) is 0.648. The molecule has 1 amide bonds. The van der Waals surface area contributed by atoms with Crippen molar-refractivity contribution in [2.75, 3.05) is 0 Å². The van der Waals surface area contributed by atoms with Crippen LogP contribution < -0.4 is 5.43 Å². The third-order valence-corrected chi connectivity index (χ3v) is 2.42. The van der Waals surface area contributed by atoms with Gasteiger partial charge in [0, 0.05) is 12.0 Å². The van der Waals surface area contributed by atoms with Crippen LogP contribution in [0.5, 0.6) is 0 Å². The molecule has 0 aliphatic heterocycles. The van der Waals surface area contributed by atoms with Gasteiger partial charge in [0.15, 0.2) is 0 Å². The van der Waals surface area contributed by atoms with Crippen molar-refractivity contribution in [3.8, 4) is 0 Å². The maximum absolute atomic E-state index is 12.7. The molecule has 6 heteroatoms. The maximum Gasteiger partial charge on any atom is 0.417 e. The first-order valence-corrected chi connectivity index (χ1v) is 5.93. The van der Waals surface area contributed by atoms with Crippen LogP contribution in [0.3, 0.4) is 0 Å². The summed E-state index contributed by atoms with van der Waals surface area (Å²) in [6, 6.07) is 5.06. The van der Waals surface area contributed by atoms with Gasteiger partial charge in [-0.25, -0.2) is 5.43 Å². The van der Waals surface area contributed by atoms with Crippen LogP contribution in [-0.2, 0) is 11.0 Å². The lowest BCUT2D eigenvalue weighted by atomic mass is 10.1. The molecule has 0 spiro atoms. The van der Waals surface area contributed by atoms with E-state index in [0.29, 0.717) is 6.42 Å². The molecule has 1 aromatic rings. The van der Waals surface area contributed by atoms with E-state index in [-0.39, 0.29) is 11.5 Å². The maximum atomic E-state index is 12.7. The van der Waals surface area contributed by atoms with E-state index in [2.05, 4.69) is 10.5 Å². The van der Waals surface area contributed by atoms with E-state index in [1.807, 2.05) is 6.92 Å². The molecule has 0 saturated heterocycles. The van der Waals surface area contributed by atoms with E-state index in [0.717, 1.165) is 25.1 Å². The smallest absolute Gasteiger partial charge is 0.273 e. The first-order chi connectivity index (χ1) is 8.95. The van der Waals surface area contributed by atoms with Crippen LogP contribution in [0.15, 0.2) is 29.4 Å². The standard InChI is InChI=1S/C13H15F3N2O/c1-2-3-8-12(19)18-17-9-10-6-4-5-7-11(10)13(14,15)16/h4-7,9H,2-3,8H2,1H3,(H,18,19)/b17-9+. The summed E-state index contributed by atoms with van der Waals surface area (Å²) in [5, 5.41) is 3.54. The average Bonchev–Trinajstić information content (AvgIpc) is 2.35. The topological polar surface area (TPSA) is 41.5 Å². The number of hydrogen-bond donors (Lipinski definition) is 1. The highest BCUT2D eigenvalue weighted by Gasteiger charge is 2.32. The van der Waals surface area contributed by atoms with Gasteiger partial charge in [0.05, 0.1) is 11.8 Å². The number of rotatable bonds is 5. The molecule has 1 N–H and O–H groups in total. The van der Waals surface area contributed by atoms with Crippen LogP contribution in [0, 0.1) is 0 Å². The minimum absolute atomic E-state index is 0.0780. The van der Waals surface area contributed by atoms with E-state index >= 15 is 0 Å². The van der Waals surface area contributed by atoms with Gasteiger partial charge in [-0.3, -0.25) is 4.79 Å². The predicted octanol–water partition coefficient (Wildman–Crippen LogP) is 3.35. The Morgan fingerprint density at radius 2 is 2.05 bits per heavy atom. The lowest BCUT2D eigenvalue weighted by Crippen LogP contribution is -2.17. The number of carbonyl (C=O) groups is 1. The second kappa shape index (κ2) is 6.92. The largest absolute Gasteiger partial charge is 0.417 e. The Morgan fingerprint density at radius 1 is 1.37 bits per heavy atom. The van der Waals surface area contributed by atoms with Crippen LogP contribution in [0.1, 0.15) is 37.3 Å². The van der Waals surface area contributed by atoms with Crippen molar-refractivity contribution < 1.29 is 18.0 Å². The molecule has 0 unspecified atom stereocenters. The Bertz CT molecular complexity index is 455. The van der Waals surface area contributed by atoms with Gasteiger partial charge < -0.3 is 0 Å². The lowest BCUT2D eigenvalue weighted by Gasteiger charge is -2.09. The van der Waals surface area contributed by atoms with Crippen LogP contribution >= 0.6 is 0 Å². The molecule has 104 valence electrons. The van der Waals surface area contributed by atoms with Gasteiger partial charge in [0.1, 0.15) is 0 Å². The van der Waals surface area contributed by atoms with E-state index in [1.54, 1.807) is 0 Å². The molecule has 0 fully saturated rings. The zero-order valence-corrected chi connectivity index (χ0v) is 10.5. The number of amides is 1. The summed E-state index contributed by atoms with van der Waals surface area (Å²) in [5.41, 5.74) is 1.35. The van der Waals surface area contributed by atoms with Gasteiger partial charge in [-0.05, 0) is 12.5 Å². The fourth-order valence-electron chi connectivity index (χ4n) is 1.43. The SMILES string of the molecule is CCCCC(=O)N/N=C/c1ccccc1C(F)(F)F. The first kappa shape index (κ1) is 15.2. The van der Waals surface area contributed by atoms with Crippen molar-refractivity contribution in [1.82, 2.24) is 5.43 Å². The fourth-order valence-corrected chi connectivity index (χ4v) is 1.43. The Balaban J connectivity index is 2.70. The van der Waals surface area contributed by atoms with Gasteiger partial charge >= 0.3 is 6.18 Å². The minimum Gasteiger partial charge on any atom is -0.273 e. The van der Waals surface area contributed by atoms with Crippen molar-refractivity contribution in [2.45, 2.75) is 32.4 Å². The normalized spacial score (nSPS) is 11.8. The van der Waals surface area contributed by atoms with Crippen LogP contribution in [0.4, 0.5) is 13.2 Å². The molecule has 0 saturated carbocycles.